The van der Waals surface area contributed by atoms with E-state index in [4.69, 9.17) is 0 Å². The third-order valence-corrected chi connectivity index (χ3v) is 8.95. The fraction of sp³-hybridized carbons (Fsp3) is 0.476. The van der Waals surface area contributed by atoms with E-state index in [2.05, 4.69) is 0 Å². The van der Waals surface area contributed by atoms with Gasteiger partial charge < -0.3 is 4.90 Å². The number of carbonyl (C=O) groups is 1. The lowest BCUT2D eigenvalue weighted by molar-refractivity contribution is -0.140. The van der Waals surface area contributed by atoms with E-state index in [1.165, 1.54) is 12.1 Å². The van der Waals surface area contributed by atoms with Crippen LogP contribution < -0.4 is 0 Å². The summed E-state index contributed by atoms with van der Waals surface area (Å²) in [6.45, 7) is 0.740. The molecule has 2 fully saturated rings. The number of piperidine rings is 1. The van der Waals surface area contributed by atoms with E-state index < -0.39 is 26.7 Å². The van der Waals surface area contributed by atoms with Gasteiger partial charge in [0.2, 0.25) is 15.9 Å². The number of hydrogen-bond donors (Lipinski definition) is 0. The van der Waals surface area contributed by atoms with E-state index in [0.717, 1.165) is 34.2 Å². The van der Waals surface area contributed by atoms with Crippen molar-refractivity contribution in [2.24, 2.45) is 5.92 Å². The lowest BCUT2D eigenvalue weighted by Gasteiger charge is -2.34. The Morgan fingerprint density at radius 1 is 1.00 bits per heavy atom. The average Bonchev–Trinajstić information content (AvgIpc) is 3.44. The number of sulfonamides is 1. The van der Waals surface area contributed by atoms with Gasteiger partial charge in [-0.15, -0.1) is 11.3 Å². The minimum Gasteiger partial charge on any atom is -0.335 e. The molecule has 1 amide bonds. The van der Waals surface area contributed by atoms with Gasteiger partial charge >= 0.3 is 6.18 Å². The molecule has 2 aromatic rings. The summed E-state index contributed by atoms with van der Waals surface area (Å²) < 4.78 is 66.8. The Labute approximate surface area is 183 Å². The van der Waals surface area contributed by atoms with Gasteiger partial charge in [-0.3, -0.25) is 4.79 Å². The number of thiophene rings is 1. The fourth-order valence-corrected chi connectivity index (χ4v) is 7.01. The number of rotatable bonds is 4. The van der Waals surface area contributed by atoms with Crippen LogP contribution in [0.4, 0.5) is 13.2 Å². The fourth-order valence-electron chi connectivity index (χ4n) is 4.45. The Hall–Kier alpha value is -1.91. The third-order valence-electron chi connectivity index (χ3n) is 6.02. The molecule has 4 rings (SSSR count). The second-order valence-corrected chi connectivity index (χ2v) is 10.8. The minimum atomic E-state index is -4.76. The van der Waals surface area contributed by atoms with Crippen LogP contribution in [0.2, 0.25) is 0 Å². The summed E-state index contributed by atoms with van der Waals surface area (Å²) in [5.74, 6) is -0.298. The van der Waals surface area contributed by atoms with Crippen LogP contribution in [-0.2, 0) is 21.0 Å². The van der Waals surface area contributed by atoms with Crippen molar-refractivity contribution in [3.05, 3.63) is 52.2 Å². The summed E-state index contributed by atoms with van der Waals surface area (Å²) in [4.78, 5) is 15.4. The van der Waals surface area contributed by atoms with Gasteiger partial charge in [0, 0.05) is 30.4 Å². The zero-order valence-electron chi connectivity index (χ0n) is 16.7. The smallest absolute Gasteiger partial charge is 0.335 e. The average molecular weight is 473 g/mol. The normalized spacial score (nSPS) is 21.5. The summed E-state index contributed by atoms with van der Waals surface area (Å²) >= 11 is 1.62. The summed E-state index contributed by atoms with van der Waals surface area (Å²) in [5, 5.41) is 1.98. The first-order valence-electron chi connectivity index (χ1n) is 10.2. The quantitative estimate of drug-likeness (QED) is 0.657. The topological polar surface area (TPSA) is 57.7 Å². The molecule has 0 radical (unpaired) electrons. The molecule has 1 aromatic carbocycles. The lowest BCUT2D eigenvalue weighted by atomic mass is 9.96. The van der Waals surface area contributed by atoms with E-state index in [-0.39, 0.29) is 31.0 Å². The Morgan fingerprint density at radius 3 is 2.35 bits per heavy atom. The molecule has 2 saturated heterocycles. The number of hydrogen-bond acceptors (Lipinski definition) is 4. The zero-order chi connectivity index (χ0) is 22.2. The molecule has 0 N–H and O–H groups in total. The highest BCUT2D eigenvalue weighted by molar-refractivity contribution is 7.89. The summed E-state index contributed by atoms with van der Waals surface area (Å²) in [7, 11) is -4.30. The maximum Gasteiger partial charge on any atom is 0.417 e. The summed E-state index contributed by atoms with van der Waals surface area (Å²) in [6.07, 6.45) is -2.31. The van der Waals surface area contributed by atoms with Crippen LogP contribution >= 0.6 is 11.3 Å². The number of likely N-dealkylation sites (tertiary alicyclic amines) is 1. The number of amides is 1. The molecule has 0 bridgehead atoms. The van der Waals surface area contributed by atoms with Crippen molar-refractivity contribution in [1.82, 2.24) is 9.21 Å². The Morgan fingerprint density at radius 2 is 1.71 bits per heavy atom. The monoisotopic (exact) mass is 472 g/mol. The highest BCUT2D eigenvalue weighted by Crippen LogP contribution is 2.38. The van der Waals surface area contributed by atoms with Crippen LogP contribution in [0, 0.1) is 5.92 Å². The first kappa shape index (κ1) is 22.3. The van der Waals surface area contributed by atoms with Gasteiger partial charge in [0.25, 0.3) is 0 Å². The van der Waals surface area contributed by atoms with E-state index in [1.807, 2.05) is 22.4 Å². The van der Waals surface area contributed by atoms with Crippen molar-refractivity contribution < 1.29 is 26.4 Å². The lowest BCUT2D eigenvalue weighted by Crippen LogP contribution is -2.44. The standard InChI is InChI=1S/C21H23F3N2O3S2/c22-21(23,24)16-5-1-2-8-19(16)31(28,29)25-12-9-15(10-13-25)20(27)26-11-3-6-17(26)18-7-4-14-30-18/h1-2,4-5,7-8,14-15,17H,3,6,9-13H2. The zero-order valence-corrected chi connectivity index (χ0v) is 18.3. The molecule has 0 spiro atoms. The Bertz CT molecular complexity index is 1030. The van der Waals surface area contributed by atoms with Gasteiger partial charge in [-0.25, -0.2) is 8.42 Å². The molecular formula is C21H23F3N2O3S2. The van der Waals surface area contributed by atoms with Gasteiger partial charge in [-0.2, -0.15) is 17.5 Å². The van der Waals surface area contributed by atoms with Crippen LogP contribution in [0.15, 0.2) is 46.7 Å². The van der Waals surface area contributed by atoms with Crippen LogP contribution in [0.1, 0.15) is 42.2 Å². The predicted molar refractivity (Wildman–Crippen MR) is 111 cm³/mol. The summed E-state index contributed by atoms with van der Waals surface area (Å²) in [5.41, 5.74) is -1.16. The second kappa shape index (κ2) is 8.55. The number of carbonyl (C=O) groups excluding carboxylic acids is 1. The van der Waals surface area contributed by atoms with Crippen molar-refractivity contribution in [1.29, 1.82) is 0 Å². The number of benzene rings is 1. The van der Waals surface area contributed by atoms with E-state index >= 15 is 0 Å². The molecule has 1 atom stereocenters. The van der Waals surface area contributed by atoms with Crippen molar-refractivity contribution in [3.8, 4) is 0 Å². The van der Waals surface area contributed by atoms with Crippen molar-refractivity contribution >= 4 is 27.3 Å². The predicted octanol–water partition coefficient (Wildman–Crippen LogP) is 4.53. The Balaban J connectivity index is 1.46. The maximum atomic E-state index is 13.3. The molecule has 3 heterocycles. The molecule has 2 aliphatic rings. The SMILES string of the molecule is O=C(C1CCN(S(=O)(=O)c2ccccc2C(F)(F)F)CC1)N1CCCC1c1cccs1. The molecule has 0 aliphatic carbocycles. The molecule has 168 valence electrons. The van der Waals surface area contributed by atoms with Gasteiger partial charge in [0.1, 0.15) is 0 Å². The number of nitrogens with zero attached hydrogens (tertiary/aromatic N) is 2. The number of alkyl halides is 3. The molecule has 1 unspecified atom stereocenters. The highest BCUT2D eigenvalue weighted by atomic mass is 32.2. The number of halogens is 3. The molecule has 2 aliphatic heterocycles. The highest BCUT2D eigenvalue weighted by Gasteiger charge is 2.41. The van der Waals surface area contributed by atoms with Crippen LogP contribution in [0.5, 0.6) is 0 Å². The minimum absolute atomic E-state index is 0.0173. The first-order valence-corrected chi connectivity index (χ1v) is 12.5. The first-order chi connectivity index (χ1) is 14.7. The molecule has 10 heteroatoms. The Kier molecular flexibility index (Phi) is 6.15. The van der Waals surface area contributed by atoms with Gasteiger partial charge in [0.05, 0.1) is 16.5 Å². The van der Waals surface area contributed by atoms with Crippen LogP contribution in [0.3, 0.4) is 0 Å². The van der Waals surface area contributed by atoms with Gasteiger partial charge in [-0.1, -0.05) is 18.2 Å². The second-order valence-electron chi connectivity index (χ2n) is 7.88. The third kappa shape index (κ3) is 4.38. The van der Waals surface area contributed by atoms with Crippen LogP contribution in [0.25, 0.3) is 0 Å². The maximum absolute atomic E-state index is 13.3. The molecule has 1 aromatic heterocycles. The van der Waals surface area contributed by atoms with Crippen molar-refractivity contribution in [2.75, 3.05) is 19.6 Å². The van der Waals surface area contributed by atoms with Crippen LogP contribution in [-0.4, -0.2) is 43.2 Å². The van der Waals surface area contributed by atoms with Crippen molar-refractivity contribution in [2.45, 2.75) is 42.8 Å². The van der Waals surface area contributed by atoms with E-state index in [9.17, 15) is 26.4 Å². The molecule has 0 saturated carbocycles. The van der Waals surface area contributed by atoms with E-state index in [1.54, 1.807) is 11.3 Å². The largest absolute Gasteiger partial charge is 0.417 e. The molecule has 5 nitrogen and oxygen atoms in total. The van der Waals surface area contributed by atoms with E-state index in [0.29, 0.717) is 19.4 Å². The van der Waals surface area contributed by atoms with Gasteiger partial charge in [-0.05, 0) is 49.3 Å². The molecule has 31 heavy (non-hydrogen) atoms. The molecular weight excluding hydrogens is 449 g/mol. The van der Waals surface area contributed by atoms with Gasteiger partial charge in [0.15, 0.2) is 0 Å². The van der Waals surface area contributed by atoms with Crippen molar-refractivity contribution in [3.63, 3.8) is 0 Å². The summed E-state index contributed by atoms with van der Waals surface area (Å²) in [6, 6.07) is 8.28.